The third kappa shape index (κ3) is 5.59. The van der Waals surface area contributed by atoms with Gasteiger partial charge in [-0.3, -0.25) is 15.6 Å². The van der Waals surface area contributed by atoms with Crippen LogP contribution in [0.3, 0.4) is 0 Å². The van der Waals surface area contributed by atoms with Gasteiger partial charge in [-0.2, -0.15) is 0 Å². The number of para-hydroxylation sites is 1. The van der Waals surface area contributed by atoms with Gasteiger partial charge in [-0.1, -0.05) is 44.9 Å². The number of rotatable bonds is 4. The predicted molar refractivity (Wildman–Crippen MR) is 104 cm³/mol. The van der Waals surface area contributed by atoms with Gasteiger partial charge in [0.05, 0.1) is 0 Å². The maximum atomic E-state index is 12.0. The number of hydrogen-bond donors (Lipinski definition) is 3. The molecule has 1 fully saturated rings. The molecule has 3 atom stereocenters. The van der Waals surface area contributed by atoms with E-state index in [1.54, 1.807) is 0 Å². The average molecular weight is 364 g/mol. The van der Waals surface area contributed by atoms with E-state index in [0.29, 0.717) is 23.0 Å². The first-order valence-electron chi connectivity index (χ1n) is 8.93. The molecule has 3 N–H and O–H groups in total. The number of ether oxygens (including phenoxy) is 1. The highest BCUT2D eigenvalue weighted by atomic mass is 32.1. The van der Waals surface area contributed by atoms with Crippen LogP contribution in [0.4, 0.5) is 0 Å². The molecule has 0 unspecified atom stereocenters. The molecular weight excluding hydrogens is 334 g/mol. The molecule has 1 aromatic carbocycles. The summed E-state index contributed by atoms with van der Waals surface area (Å²) in [6.45, 7) is 8.40. The molecule has 0 radical (unpaired) electrons. The van der Waals surface area contributed by atoms with Crippen LogP contribution in [-0.2, 0) is 4.79 Å². The standard InChI is InChI=1S/C19H29N3O2S/c1-12-7-6-10-16(15(12)4)20-19(25)22-21-17(23)11-24-18-13(2)8-5-9-14(18)3/h5,8-9,12,15-16H,6-7,10-11H2,1-4H3,(H,21,23)(H2,20,22,25)/t12-,15-,16+/m0/s1. The molecular formula is C19H29N3O2S. The average Bonchev–Trinajstić information content (AvgIpc) is 2.57. The molecule has 0 saturated heterocycles. The second-order valence-corrected chi connectivity index (χ2v) is 7.44. The van der Waals surface area contributed by atoms with Gasteiger partial charge >= 0.3 is 0 Å². The fourth-order valence-electron chi connectivity index (χ4n) is 3.32. The first kappa shape index (κ1) is 19.5. The summed E-state index contributed by atoms with van der Waals surface area (Å²) in [6.07, 6.45) is 3.59. The van der Waals surface area contributed by atoms with Gasteiger partial charge in [-0.25, -0.2) is 0 Å². The van der Waals surface area contributed by atoms with Crippen molar-refractivity contribution in [3.8, 4) is 5.75 Å². The van der Waals surface area contributed by atoms with Crippen LogP contribution in [0.1, 0.15) is 44.2 Å². The maximum absolute atomic E-state index is 12.0. The summed E-state index contributed by atoms with van der Waals surface area (Å²) in [7, 11) is 0. The molecule has 0 bridgehead atoms. The summed E-state index contributed by atoms with van der Waals surface area (Å²) >= 11 is 5.29. The van der Waals surface area contributed by atoms with Gasteiger partial charge in [0, 0.05) is 6.04 Å². The van der Waals surface area contributed by atoms with Crippen molar-refractivity contribution in [2.75, 3.05) is 6.61 Å². The highest BCUT2D eigenvalue weighted by Crippen LogP contribution is 2.29. The molecule has 1 saturated carbocycles. The zero-order valence-electron chi connectivity index (χ0n) is 15.5. The van der Waals surface area contributed by atoms with E-state index in [1.165, 1.54) is 12.8 Å². The van der Waals surface area contributed by atoms with Gasteiger partial charge in [0.25, 0.3) is 5.91 Å². The van der Waals surface area contributed by atoms with Crippen molar-refractivity contribution in [1.82, 2.24) is 16.2 Å². The fourth-order valence-corrected chi connectivity index (χ4v) is 3.52. The van der Waals surface area contributed by atoms with Gasteiger partial charge in [-0.15, -0.1) is 0 Å². The molecule has 1 aliphatic rings. The Hall–Kier alpha value is -1.82. The Kier molecular flexibility index (Phi) is 7.05. The van der Waals surface area contributed by atoms with Crippen molar-refractivity contribution < 1.29 is 9.53 Å². The summed E-state index contributed by atoms with van der Waals surface area (Å²) < 4.78 is 5.63. The number of benzene rings is 1. The molecule has 1 amide bonds. The lowest BCUT2D eigenvalue weighted by Gasteiger charge is -2.35. The molecule has 0 spiro atoms. The van der Waals surface area contributed by atoms with Crippen LogP contribution in [0.5, 0.6) is 5.75 Å². The van der Waals surface area contributed by atoms with E-state index in [2.05, 4.69) is 30.0 Å². The molecule has 5 nitrogen and oxygen atoms in total. The summed E-state index contributed by atoms with van der Waals surface area (Å²) in [5, 5.41) is 3.76. The van der Waals surface area contributed by atoms with E-state index in [0.717, 1.165) is 23.3 Å². The summed E-state index contributed by atoms with van der Waals surface area (Å²) in [5.41, 5.74) is 7.39. The number of thiocarbonyl (C=S) groups is 1. The molecule has 0 heterocycles. The molecule has 25 heavy (non-hydrogen) atoms. The van der Waals surface area contributed by atoms with Crippen molar-refractivity contribution in [2.24, 2.45) is 11.8 Å². The SMILES string of the molecule is Cc1cccc(C)c1OCC(=O)NNC(=S)N[C@@H]1CCC[C@H](C)[C@@H]1C. The lowest BCUT2D eigenvalue weighted by Crippen LogP contribution is -2.53. The van der Waals surface area contributed by atoms with Crippen molar-refractivity contribution in [3.05, 3.63) is 29.3 Å². The van der Waals surface area contributed by atoms with Crippen LogP contribution in [0, 0.1) is 25.7 Å². The van der Waals surface area contributed by atoms with E-state index >= 15 is 0 Å². The number of hydrogen-bond acceptors (Lipinski definition) is 3. The molecule has 6 heteroatoms. The predicted octanol–water partition coefficient (Wildman–Crippen LogP) is 3.00. The Bertz CT molecular complexity index is 600. The zero-order chi connectivity index (χ0) is 18.4. The van der Waals surface area contributed by atoms with Crippen LogP contribution in [-0.4, -0.2) is 23.7 Å². The topological polar surface area (TPSA) is 62.4 Å². The number of hydrazine groups is 1. The molecule has 2 rings (SSSR count). The van der Waals surface area contributed by atoms with Crippen LogP contribution in [0.25, 0.3) is 0 Å². The van der Waals surface area contributed by atoms with Crippen LogP contribution in [0.2, 0.25) is 0 Å². The van der Waals surface area contributed by atoms with Crippen molar-refractivity contribution in [1.29, 1.82) is 0 Å². The molecule has 1 aliphatic carbocycles. The Labute approximate surface area is 155 Å². The Balaban J connectivity index is 1.73. The van der Waals surface area contributed by atoms with E-state index in [9.17, 15) is 4.79 Å². The zero-order valence-corrected chi connectivity index (χ0v) is 16.3. The van der Waals surface area contributed by atoms with Crippen molar-refractivity contribution >= 4 is 23.2 Å². The lowest BCUT2D eigenvalue weighted by molar-refractivity contribution is -0.123. The normalized spacial score (nSPS) is 22.8. The van der Waals surface area contributed by atoms with Gasteiger partial charge < -0.3 is 10.1 Å². The second-order valence-electron chi connectivity index (χ2n) is 7.03. The maximum Gasteiger partial charge on any atom is 0.276 e. The number of carbonyl (C=O) groups is 1. The van der Waals surface area contributed by atoms with Crippen LogP contribution in [0.15, 0.2) is 18.2 Å². The highest BCUT2D eigenvalue weighted by Gasteiger charge is 2.27. The minimum atomic E-state index is -0.267. The Morgan fingerprint density at radius 3 is 2.56 bits per heavy atom. The third-order valence-corrected chi connectivity index (χ3v) is 5.32. The Morgan fingerprint density at radius 1 is 1.20 bits per heavy atom. The van der Waals surface area contributed by atoms with Gasteiger partial charge in [0.15, 0.2) is 11.7 Å². The molecule has 1 aromatic rings. The highest BCUT2D eigenvalue weighted by molar-refractivity contribution is 7.80. The van der Waals surface area contributed by atoms with Gasteiger partial charge in [0.2, 0.25) is 0 Å². The van der Waals surface area contributed by atoms with Crippen LogP contribution >= 0.6 is 12.2 Å². The molecule has 138 valence electrons. The largest absolute Gasteiger partial charge is 0.483 e. The quantitative estimate of drug-likeness (QED) is 0.567. The summed E-state index contributed by atoms with van der Waals surface area (Å²) in [6, 6.07) is 6.25. The van der Waals surface area contributed by atoms with E-state index < -0.39 is 0 Å². The second kappa shape index (κ2) is 9.04. The fraction of sp³-hybridized carbons (Fsp3) is 0.579. The number of amides is 1. The summed E-state index contributed by atoms with van der Waals surface area (Å²) in [4.78, 5) is 12.0. The van der Waals surface area contributed by atoms with Gasteiger partial charge in [-0.05, 0) is 55.4 Å². The van der Waals surface area contributed by atoms with Crippen molar-refractivity contribution in [2.45, 2.75) is 53.0 Å². The minimum absolute atomic E-state index is 0.0574. The number of carbonyl (C=O) groups excluding carboxylic acids is 1. The van der Waals surface area contributed by atoms with E-state index in [1.807, 2.05) is 32.0 Å². The summed E-state index contributed by atoms with van der Waals surface area (Å²) in [5.74, 6) is 1.74. The monoisotopic (exact) mass is 363 g/mol. The van der Waals surface area contributed by atoms with Gasteiger partial charge in [0.1, 0.15) is 5.75 Å². The lowest BCUT2D eigenvalue weighted by atomic mass is 9.78. The molecule has 0 aliphatic heterocycles. The number of nitrogens with one attached hydrogen (secondary N) is 3. The molecule has 0 aromatic heterocycles. The van der Waals surface area contributed by atoms with E-state index in [-0.39, 0.29) is 12.5 Å². The number of aryl methyl sites for hydroxylation is 2. The third-order valence-electron chi connectivity index (χ3n) is 5.10. The first-order valence-corrected chi connectivity index (χ1v) is 9.33. The van der Waals surface area contributed by atoms with E-state index in [4.69, 9.17) is 17.0 Å². The smallest absolute Gasteiger partial charge is 0.276 e. The first-order chi connectivity index (χ1) is 11.9. The van der Waals surface area contributed by atoms with Crippen molar-refractivity contribution in [3.63, 3.8) is 0 Å². The van der Waals surface area contributed by atoms with Crippen LogP contribution < -0.4 is 20.9 Å². The Morgan fingerprint density at radius 2 is 1.88 bits per heavy atom. The minimum Gasteiger partial charge on any atom is -0.483 e.